The Morgan fingerprint density at radius 2 is 1.85 bits per heavy atom. The lowest BCUT2D eigenvalue weighted by molar-refractivity contribution is -0.179. The predicted octanol–water partition coefficient (Wildman–Crippen LogP) is 0.270. The van der Waals surface area contributed by atoms with Gasteiger partial charge in [0.2, 0.25) is 0 Å². The van der Waals surface area contributed by atoms with Crippen molar-refractivity contribution in [3.8, 4) is 0 Å². The van der Waals surface area contributed by atoms with Gasteiger partial charge in [-0.3, -0.25) is 0 Å². The summed E-state index contributed by atoms with van der Waals surface area (Å²) in [6.45, 7) is 3.86. The molecule has 3 atom stereocenters. The highest BCUT2D eigenvalue weighted by Crippen LogP contribution is 2.36. The van der Waals surface area contributed by atoms with E-state index in [0.717, 1.165) is 0 Å². The molecule has 1 aliphatic heterocycles. The summed E-state index contributed by atoms with van der Waals surface area (Å²) in [6, 6.07) is 0. The molecule has 0 aromatic rings. The molecule has 0 aliphatic carbocycles. The van der Waals surface area contributed by atoms with E-state index < -0.39 is 24.1 Å². The van der Waals surface area contributed by atoms with Gasteiger partial charge in [0.25, 0.3) is 0 Å². The molecule has 0 aromatic carbocycles. The summed E-state index contributed by atoms with van der Waals surface area (Å²) in [5, 5.41) is 19.3. The third-order valence-electron chi connectivity index (χ3n) is 2.92. The molecule has 1 rings (SSSR count). The van der Waals surface area contributed by atoms with E-state index in [-0.39, 0.29) is 0 Å². The highest BCUT2D eigenvalue weighted by molar-refractivity contribution is 4.98. The Hall–Kier alpha value is -0.160. The van der Waals surface area contributed by atoms with Crippen molar-refractivity contribution in [1.82, 2.24) is 0 Å². The quantitative estimate of drug-likeness (QED) is 0.670. The van der Waals surface area contributed by atoms with E-state index in [1.165, 1.54) is 7.11 Å². The molecule has 0 bridgehead atoms. The van der Waals surface area contributed by atoms with Crippen LogP contribution in [0.5, 0.6) is 0 Å². The Morgan fingerprint density at radius 3 is 2.08 bits per heavy atom. The van der Waals surface area contributed by atoms with Gasteiger partial charge in [-0.2, -0.15) is 0 Å². The minimum atomic E-state index is -0.940. The van der Waals surface area contributed by atoms with Gasteiger partial charge in [-0.05, 0) is 12.8 Å². The molecule has 13 heavy (non-hydrogen) atoms. The number of aliphatic hydroxyl groups excluding tert-OH is 2. The number of rotatable bonds is 3. The van der Waals surface area contributed by atoms with Gasteiger partial charge in [0, 0.05) is 7.11 Å². The van der Waals surface area contributed by atoms with Crippen LogP contribution in [0.1, 0.15) is 26.7 Å². The molecule has 0 radical (unpaired) electrons. The molecule has 1 fully saturated rings. The lowest BCUT2D eigenvalue weighted by Gasteiger charge is -2.29. The molecule has 2 N–H and O–H groups in total. The SMILES string of the molecule is CCC1(CC)O[C@@H](OC)[C@H](O)[C@@H]1O. The lowest BCUT2D eigenvalue weighted by atomic mass is 9.90. The molecule has 0 aromatic heterocycles. The Labute approximate surface area is 78.5 Å². The molecular formula is C9H18O4. The Bertz CT molecular complexity index is 167. The molecule has 0 unspecified atom stereocenters. The van der Waals surface area contributed by atoms with Crippen LogP contribution in [-0.2, 0) is 9.47 Å². The lowest BCUT2D eigenvalue weighted by Crippen LogP contribution is -2.42. The summed E-state index contributed by atoms with van der Waals surface area (Å²) in [6.07, 6.45) is -1.16. The highest BCUT2D eigenvalue weighted by Gasteiger charge is 2.52. The number of methoxy groups -OCH3 is 1. The van der Waals surface area contributed by atoms with E-state index in [4.69, 9.17) is 9.47 Å². The zero-order valence-corrected chi connectivity index (χ0v) is 8.36. The van der Waals surface area contributed by atoms with E-state index in [1.54, 1.807) is 0 Å². The molecule has 0 saturated carbocycles. The van der Waals surface area contributed by atoms with Crippen LogP contribution in [0.4, 0.5) is 0 Å². The van der Waals surface area contributed by atoms with Gasteiger partial charge < -0.3 is 19.7 Å². The van der Waals surface area contributed by atoms with Crippen LogP contribution in [-0.4, -0.2) is 41.4 Å². The van der Waals surface area contributed by atoms with Crippen LogP contribution in [0.25, 0.3) is 0 Å². The number of ether oxygens (including phenoxy) is 2. The fourth-order valence-electron chi connectivity index (χ4n) is 1.85. The first kappa shape index (κ1) is 10.9. The van der Waals surface area contributed by atoms with Crippen LogP contribution >= 0.6 is 0 Å². The van der Waals surface area contributed by atoms with Gasteiger partial charge in [0.1, 0.15) is 12.2 Å². The molecule has 78 valence electrons. The summed E-state index contributed by atoms with van der Waals surface area (Å²) in [7, 11) is 1.46. The maximum Gasteiger partial charge on any atom is 0.186 e. The molecule has 1 heterocycles. The minimum Gasteiger partial charge on any atom is -0.387 e. The summed E-state index contributed by atoms with van der Waals surface area (Å²) < 4.78 is 10.4. The third kappa shape index (κ3) is 1.59. The van der Waals surface area contributed by atoms with E-state index in [2.05, 4.69) is 0 Å². The van der Waals surface area contributed by atoms with Crippen molar-refractivity contribution >= 4 is 0 Å². The highest BCUT2D eigenvalue weighted by atomic mass is 16.7. The molecular weight excluding hydrogens is 172 g/mol. The van der Waals surface area contributed by atoms with Crippen molar-refractivity contribution in [2.75, 3.05) is 7.11 Å². The van der Waals surface area contributed by atoms with Crippen LogP contribution < -0.4 is 0 Å². The van der Waals surface area contributed by atoms with Gasteiger partial charge in [0.05, 0.1) is 5.60 Å². The monoisotopic (exact) mass is 190 g/mol. The maximum atomic E-state index is 9.75. The second-order valence-electron chi connectivity index (χ2n) is 3.43. The normalized spacial score (nSPS) is 38.1. The second-order valence-corrected chi connectivity index (χ2v) is 3.43. The van der Waals surface area contributed by atoms with Crippen LogP contribution in [0.15, 0.2) is 0 Å². The fraction of sp³-hybridized carbons (Fsp3) is 1.00. The van der Waals surface area contributed by atoms with E-state index in [0.29, 0.717) is 12.8 Å². The van der Waals surface area contributed by atoms with Crippen LogP contribution in [0.3, 0.4) is 0 Å². The van der Waals surface area contributed by atoms with Crippen molar-refractivity contribution in [3.05, 3.63) is 0 Å². The van der Waals surface area contributed by atoms with Crippen molar-refractivity contribution in [2.24, 2.45) is 0 Å². The number of hydrogen-bond donors (Lipinski definition) is 2. The zero-order valence-electron chi connectivity index (χ0n) is 8.36. The fourth-order valence-corrected chi connectivity index (χ4v) is 1.85. The number of hydrogen-bond acceptors (Lipinski definition) is 4. The van der Waals surface area contributed by atoms with Crippen molar-refractivity contribution in [3.63, 3.8) is 0 Å². The molecule has 4 nitrogen and oxygen atoms in total. The molecule has 0 spiro atoms. The Balaban J connectivity index is 2.79. The summed E-state index contributed by atoms with van der Waals surface area (Å²) in [4.78, 5) is 0. The molecule has 1 saturated heterocycles. The van der Waals surface area contributed by atoms with Gasteiger partial charge in [-0.15, -0.1) is 0 Å². The average molecular weight is 190 g/mol. The van der Waals surface area contributed by atoms with Crippen LogP contribution in [0, 0.1) is 0 Å². The molecule has 4 heteroatoms. The van der Waals surface area contributed by atoms with Gasteiger partial charge in [0.15, 0.2) is 6.29 Å². The van der Waals surface area contributed by atoms with E-state index >= 15 is 0 Å². The second kappa shape index (κ2) is 3.92. The van der Waals surface area contributed by atoms with Crippen molar-refractivity contribution in [2.45, 2.75) is 50.8 Å². The first-order valence-corrected chi connectivity index (χ1v) is 4.68. The molecule has 0 amide bonds. The van der Waals surface area contributed by atoms with Crippen molar-refractivity contribution in [1.29, 1.82) is 0 Å². The minimum absolute atomic E-state index is 0.639. The summed E-state index contributed by atoms with van der Waals surface area (Å²) in [5.41, 5.74) is -0.639. The number of aliphatic hydroxyl groups is 2. The first-order chi connectivity index (χ1) is 6.11. The third-order valence-corrected chi connectivity index (χ3v) is 2.92. The van der Waals surface area contributed by atoms with Crippen LogP contribution in [0.2, 0.25) is 0 Å². The molecule has 1 aliphatic rings. The van der Waals surface area contributed by atoms with Gasteiger partial charge in [-0.1, -0.05) is 13.8 Å². The maximum absolute atomic E-state index is 9.75. The Morgan fingerprint density at radius 1 is 1.31 bits per heavy atom. The van der Waals surface area contributed by atoms with E-state index in [1.807, 2.05) is 13.8 Å². The standard InChI is InChI=1S/C9H18O4/c1-4-9(5-2)7(11)6(10)8(12-3)13-9/h6-8,10-11H,4-5H2,1-3H3/t6-,7+,8-/m1/s1. The van der Waals surface area contributed by atoms with E-state index in [9.17, 15) is 10.2 Å². The predicted molar refractivity (Wildman–Crippen MR) is 47.2 cm³/mol. The topological polar surface area (TPSA) is 58.9 Å². The van der Waals surface area contributed by atoms with Crippen molar-refractivity contribution < 1.29 is 19.7 Å². The first-order valence-electron chi connectivity index (χ1n) is 4.68. The smallest absolute Gasteiger partial charge is 0.186 e. The summed E-state index contributed by atoms with van der Waals surface area (Å²) in [5.74, 6) is 0. The Kier molecular flexibility index (Phi) is 3.29. The average Bonchev–Trinajstić information content (AvgIpc) is 2.42. The largest absolute Gasteiger partial charge is 0.387 e. The zero-order chi connectivity index (χ0) is 10.1. The summed E-state index contributed by atoms with van der Waals surface area (Å²) >= 11 is 0. The van der Waals surface area contributed by atoms with Gasteiger partial charge >= 0.3 is 0 Å². The van der Waals surface area contributed by atoms with Gasteiger partial charge in [-0.25, -0.2) is 0 Å².